The number of carbonyl (C=O) groups is 1. The number of benzene rings is 1. The Morgan fingerprint density at radius 2 is 1.94 bits per heavy atom. The van der Waals surface area contributed by atoms with Gasteiger partial charge in [0.1, 0.15) is 6.04 Å². The van der Waals surface area contributed by atoms with Gasteiger partial charge >= 0.3 is 5.97 Å². The van der Waals surface area contributed by atoms with Gasteiger partial charge in [-0.3, -0.25) is 10.1 Å². The van der Waals surface area contributed by atoms with Gasteiger partial charge < -0.3 is 5.11 Å². The minimum atomic E-state index is -0.767. The predicted octanol–water partition coefficient (Wildman–Crippen LogP) is 2.77. The first-order valence-corrected chi connectivity index (χ1v) is 7.14. The summed E-state index contributed by atoms with van der Waals surface area (Å²) in [5.74, 6) is -0.141. The van der Waals surface area contributed by atoms with Crippen LogP contribution >= 0.6 is 11.8 Å². The summed E-state index contributed by atoms with van der Waals surface area (Å²) in [5.41, 5.74) is 2.60. The Labute approximate surface area is 112 Å². The molecule has 0 aliphatic carbocycles. The molecule has 2 N–H and O–H groups in total. The van der Waals surface area contributed by atoms with E-state index in [0.717, 1.165) is 5.56 Å². The molecule has 3 nitrogen and oxygen atoms in total. The van der Waals surface area contributed by atoms with Crippen molar-refractivity contribution < 1.29 is 9.90 Å². The van der Waals surface area contributed by atoms with Gasteiger partial charge in [-0.2, -0.15) is 0 Å². The molecule has 0 radical (unpaired) electrons. The molecule has 1 unspecified atom stereocenters. The van der Waals surface area contributed by atoms with Gasteiger partial charge in [0.25, 0.3) is 0 Å². The van der Waals surface area contributed by atoms with Crippen LogP contribution in [0.5, 0.6) is 0 Å². The van der Waals surface area contributed by atoms with Crippen LogP contribution < -0.4 is 5.32 Å². The van der Waals surface area contributed by atoms with Gasteiger partial charge in [-0.15, -0.1) is 11.8 Å². The summed E-state index contributed by atoms with van der Waals surface area (Å²) in [4.78, 5) is 10.9. The van der Waals surface area contributed by atoms with E-state index < -0.39 is 12.0 Å². The first-order valence-electron chi connectivity index (χ1n) is 6.09. The largest absolute Gasteiger partial charge is 0.480 e. The molecular formula is C14H19NO2S. The van der Waals surface area contributed by atoms with Crippen LogP contribution in [0.4, 0.5) is 0 Å². The number of thioether (sulfide) groups is 1. The second kappa shape index (κ2) is 4.94. The van der Waals surface area contributed by atoms with Crippen molar-refractivity contribution in [3.05, 3.63) is 35.4 Å². The van der Waals surface area contributed by atoms with E-state index in [0.29, 0.717) is 5.75 Å². The van der Waals surface area contributed by atoms with E-state index in [4.69, 9.17) is 5.11 Å². The lowest BCUT2D eigenvalue weighted by molar-refractivity contribution is -0.138. The topological polar surface area (TPSA) is 49.3 Å². The lowest BCUT2D eigenvalue weighted by Crippen LogP contribution is -2.33. The molecule has 4 heteroatoms. The first kappa shape index (κ1) is 13.4. The van der Waals surface area contributed by atoms with Crippen molar-refractivity contribution in [1.29, 1.82) is 0 Å². The monoisotopic (exact) mass is 265 g/mol. The van der Waals surface area contributed by atoms with Crippen LogP contribution in [0.25, 0.3) is 0 Å². The van der Waals surface area contributed by atoms with Gasteiger partial charge in [0, 0.05) is 5.75 Å². The molecule has 1 fully saturated rings. The normalized spacial score (nSPS) is 24.2. The Hall–Kier alpha value is -1.00. The zero-order valence-corrected chi connectivity index (χ0v) is 11.8. The van der Waals surface area contributed by atoms with Crippen molar-refractivity contribution in [2.24, 2.45) is 0 Å². The second-order valence-corrected chi connectivity index (χ2v) is 6.78. The van der Waals surface area contributed by atoms with Gasteiger partial charge in [0.05, 0.1) is 5.37 Å². The Morgan fingerprint density at radius 3 is 2.39 bits per heavy atom. The fourth-order valence-corrected chi connectivity index (χ4v) is 3.20. The maximum absolute atomic E-state index is 10.9. The van der Waals surface area contributed by atoms with Gasteiger partial charge in [-0.05, 0) is 16.5 Å². The number of carboxylic acid groups (broad SMARTS) is 1. The van der Waals surface area contributed by atoms with Crippen LogP contribution in [0, 0.1) is 0 Å². The first-order chi connectivity index (χ1) is 8.38. The summed E-state index contributed by atoms with van der Waals surface area (Å²) >= 11 is 1.65. The molecule has 1 saturated heterocycles. The second-order valence-electron chi connectivity index (χ2n) is 5.64. The molecule has 0 spiro atoms. The third kappa shape index (κ3) is 2.87. The van der Waals surface area contributed by atoms with Crippen molar-refractivity contribution in [3.63, 3.8) is 0 Å². The number of hydrogen-bond donors (Lipinski definition) is 2. The molecular weight excluding hydrogens is 246 g/mol. The number of rotatable bonds is 2. The van der Waals surface area contributed by atoms with Gasteiger partial charge in [-0.1, -0.05) is 45.0 Å². The van der Waals surface area contributed by atoms with Crippen LogP contribution in [0.1, 0.15) is 37.3 Å². The highest BCUT2D eigenvalue weighted by molar-refractivity contribution is 7.99. The minimum absolute atomic E-state index is 0.0973. The van der Waals surface area contributed by atoms with Crippen LogP contribution in [0.2, 0.25) is 0 Å². The van der Waals surface area contributed by atoms with Crippen LogP contribution in [0.3, 0.4) is 0 Å². The van der Waals surface area contributed by atoms with E-state index in [-0.39, 0.29) is 10.8 Å². The number of nitrogens with one attached hydrogen (secondary N) is 1. The summed E-state index contributed by atoms with van der Waals surface area (Å²) in [6, 6.07) is 8.02. The highest BCUT2D eigenvalue weighted by atomic mass is 32.2. The Kier molecular flexibility index (Phi) is 3.69. The van der Waals surface area contributed by atoms with E-state index in [1.54, 1.807) is 11.8 Å². The molecule has 1 aromatic carbocycles. The highest BCUT2D eigenvalue weighted by Crippen LogP contribution is 2.33. The summed E-state index contributed by atoms with van der Waals surface area (Å²) in [6.45, 7) is 6.56. The zero-order valence-electron chi connectivity index (χ0n) is 10.9. The van der Waals surface area contributed by atoms with Crippen LogP contribution in [-0.2, 0) is 10.2 Å². The third-order valence-corrected chi connectivity index (χ3v) is 4.43. The molecule has 0 saturated carbocycles. The van der Waals surface area contributed by atoms with E-state index in [1.807, 2.05) is 0 Å². The number of carboxylic acids is 1. The summed E-state index contributed by atoms with van der Waals surface area (Å²) in [5, 5.41) is 12.2. The van der Waals surface area contributed by atoms with Crippen molar-refractivity contribution in [1.82, 2.24) is 5.32 Å². The average Bonchev–Trinajstić information content (AvgIpc) is 2.77. The summed E-state index contributed by atoms with van der Waals surface area (Å²) in [7, 11) is 0. The smallest absolute Gasteiger partial charge is 0.321 e. The molecule has 1 aliphatic rings. The third-order valence-electron chi connectivity index (χ3n) is 3.16. The molecule has 0 aromatic heterocycles. The molecule has 0 amide bonds. The Balaban J connectivity index is 2.10. The summed E-state index contributed by atoms with van der Waals surface area (Å²) < 4.78 is 0. The lowest BCUT2D eigenvalue weighted by Gasteiger charge is -2.20. The number of hydrogen-bond acceptors (Lipinski definition) is 3. The van der Waals surface area contributed by atoms with E-state index in [2.05, 4.69) is 50.4 Å². The molecule has 2 atom stereocenters. The standard InChI is InChI=1S/C14H19NO2S/c1-14(2,3)10-6-4-9(5-7-10)12-15-11(8-18-12)13(16)17/h4-7,11-12,15H,8H2,1-3H3,(H,16,17)/t11-,12?/m0/s1. The predicted molar refractivity (Wildman–Crippen MR) is 74.9 cm³/mol. The summed E-state index contributed by atoms with van der Waals surface area (Å²) in [6.07, 6.45) is 0. The fraction of sp³-hybridized carbons (Fsp3) is 0.500. The van der Waals surface area contributed by atoms with Gasteiger partial charge in [-0.25, -0.2) is 0 Å². The molecule has 18 heavy (non-hydrogen) atoms. The Morgan fingerprint density at radius 1 is 1.33 bits per heavy atom. The van der Waals surface area contributed by atoms with E-state index in [1.165, 1.54) is 5.56 Å². The highest BCUT2D eigenvalue weighted by Gasteiger charge is 2.30. The van der Waals surface area contributed by atoms with Gasteiger partial charge in [0.15, 0.2) is 0 Å². The zero-order chi connectivity index (χ0) is 13.3. The van der Waals surface area contributed by atoms with Crippen molar-refractivity contribution in [2.75, 3.05) is 5.75 Å². The van der Waals surface area contributed by atoms with Crippen molar-refractivity contribution in [2.45, 2.75) is 37.6 Å². The molecule has 0 bridgehead atoms. The Bertz CT molecular complexity index is 436. The molecule has 1 aliphatic heterocycles. The SMILES string of the molecule is CC(C)(C)c1ccc(C2N[C@H](C(=O)O)CS2)cc1. The van der Waals surface area contributed by atoms with E-state index in [9.17, 15) is 4.79 Å². The van der Waals surface area contributed by atoms with Crippen molar-refractivity contribution >= 4 is 17.7 Å². The van der Waals surface area contributed by atoms with Crippen LogP contribution in [0.15, 0.2) is 24.3 Å². The lowest BCUT2D eigenvalue weighted by atomic mass is 9.87. The van der Waals surface area contributed by atoms with Crippen LogP contribution in [-0.4, -0.2) is 22.9 Å². The minimum Gasteiger partial charge on any atom is -0.480 e. The van der Waals surface area contributed by atoms with E-state index >= 15 is 0 Å². The maximum Gasteiger partial charge on any atom is 0.321 e. The molecule has 98 valence electrons. The molecule has 2 rings (SSSR count). The van der Waals surface area contributed by atoms with Gasteiger partial charge in [0.2, 0.25) is 0 Å². The fourth-order valence-electron chi connectivity index (χ4n) is 1.96. The molecule has 1 aromatic rings. The van der Waals surface area contributed by atoms with Crippen molar-refractivity contribution in [3.8, 4) is 0 Å². The number of aliphatic carboxylic acids is 1. The molecule has 1 heterocycles. The quantitative estimate of drug-likeness (QED) is 0.863. The average molecular weight is 265 g/mol. The maximum atomic E-state index is 10.9.